The van der Waals surface area contributed by atoms with Gasteiger partial charge in [-0.15, -0.1) is 0 Å². The van der Waals surface area contributed by atoms with E-state index in [0.29, 0.717) is 6.04 Å². The Labute approximate surface area is 119 Å². The lowest BCUT2D eigenvalue weighted by Crippen LogP contribution is -2.42. The van der Waals surface area contributed by atoms with Crippen molar-refractivity contribution in [2.45, 2.75) is 96.6 Å². The van der Waals surface area contributed by atoms with Crippen LogP contribution in [0.4, 0.5) is 0 Å². The molecule has 0 saturated carbocycles. The lowest BCUT2D eigenvalue weighted by atomic mass is 9.96. The highest BCUT2D eigenvalue weighted by Gasteiger charge is 2.35. The summed E-state index contributed by atoms with van der Waals surface area (Å²) >= 11 is 0. The molecule has 0 radical (unpaired) electrons. The Morgan fingerprint density at radius 1 is 1.00 bits per heavy atom. The maximum absolute atomic E-state index is 5.08. The molecule has 2 aliphatic rings. The van der Waals surface area contributed by atoms with Crippen LogP contribution in [0.15, 0.2) is 4.99 Å². The van der Waals surface area contributed by atoms with Crippen LogP contribution in [0.5, 0.6) is 0 Å². The fourth-order valence-electron chi connectivity index (χ4n) is 3.63. The summed E-state index contributed by atoms with van der Waals surface area (Å²) in [5.41, 5.74) is 0. The van der Waals surface area contributed by atoms with Crippen LogP contribution in [-0.2, 0) is 0 Å². The molecule has 0 aliphatic carbocycles. The first-order chi connectivity index (χ1) is 9.36. The van der Waals surface area contributed by atoms with Crippen molar-refractivity contribution in [1.82, 2.24) is 4.90 Å². The average Bonchev–Trinajstić information content (AvgIpc) is 2.78. The van der Waals surface area contributed by atoms with Gasteiger partial charge in [0.2, 0.25) is 0 Å². The van der Waals surface area contributed by atoms with Crippen LogP contribution in [0.2, 0.25) is 0 Å². The zero-order chi connectivity index (χ0) is 13.5. The first-order valence-electron chi connectivity index (χ1n) is 8.70. The van der Waals surface area contributed by atoms with E-state index in [2.05, 4.69) is 18.7 Å². The molecule has 110 valence electrons. The Morgan fingerprint density at radius 3 is 2.47 bits per heavy atom. The molecule has 0 aromatic heterocycles. The van der Waals surface area contributed by atoms with E-state index in [-0.39, 0.29) is 0 Å². The van der Waals surface area contributed by atoms with Crippen molar-refractivity contribution in [3.8, 4) is 0 Å². The number of aliphatic imine (C=N–C) groups is 1. The molecule has 0 aromatic rings. The molecule has 2 heteroatoms. The largest absolute Gasteiger partial charge is 0.355 e. The van der Waals surface area contributed by atoms with Gasteiger partial charge >= 0.3 is 0 Å². The predicted octanol–water partition coefficient (Wildman–Crippen LogP) is 4.78. The molecule has 0 amide bonds. The van der Waals surface area contributed by atoms with Gasteiger partial charge in [0.15, 0.2) is 0 Å². The van der Waals surface area contributed by atoms with E-state index in [1.807, 2.05) is 0 Å². The molecule has 1 saturated heterocycles. The zero-order valence-electron chi connectivity index (χ0n) is 13.0. The summed E-state index contributed by atoms with van der Waals surface area (Å²) < 4.78 is 0. The SMILES string of the molecule is CCCCCC1N=C2CCCCN2C1CCCCC. The monoisotopic (exact) mass is 264 g/mol. The first kappa shape index (κ1) is 14.9. The van der Waals surface area contributed by atoms with Gasteiger partial charge in [-0.1, -0.05) is 52.4 Å². The van der Waals surface area contributed by atoms with E-state index in [1.165, 1.54) is 83.0 Å². The number of piperidine rings is 1. The molecular weight excluding hydrogens is 232 g/mol. The summed E-state index contributed by atoms with van der Waals surface area (Å²) in [4.78, 5) is 7.76. The first-order valence-corrected chi connectivity index (χ1v) is 8.70. The molecule has 19 heavy (non-hydrogen) atoms. The highest BCUT2D eigenvalue weighted by molar-refractivity contribution is 5.85. The minimum Gasteiger partial charge on any atom is -0.355 e. The van der Waals surface area contributed by atoms with Gasteiger partial charge in [-0.25, -0.2) is 0 Å². The molecule has 2 atom stereocenters. The number of fused-ring (bicyclic) bond motifs is 1. The fourth-order valence-corrected chi connectivity index (χ4v) is 3.63. The van der Waals surface area contributed by atoms with E-state index in [0.717, 1.165) is 6.04 Å². The molecular formula is C17H32N2. The van der Waals surface area contributed by atoms with Crippen molar-refractivity contribution < 1.29 is 0 Å². The average molecular weight is 264 g/mol. The fraction of sp³-hybridized carbons (Fsp3) is 0.941. The second-order valence-corrected chi connectivity index (χ2v) is 6.32. The Bertz CT molecular complexity index is 285. The number of hydrogen-bond donors (Lipinski definition) is 0. The Kier molecular flexibility index (Phi) is 6.19. The van der Waals surface area contributed by atoms with E-state index < -0.39 is 0 Å². The third-order valence-electron chi connectivity index (χ3n) is 4.75. The van der Waals surface area contributed by atoms with Crippen LogP contribution in [0, 0.1) is 0 Å². The summed E-state index contributed by atoms with van der Waals surface area (Å²) in [6.45, 7) is 5.87. The number of nitrogens with zero attached hydrogens (tertiary/aromatic N) is 2. The number of hydrogen-bond acceptors (Lipinski definition) is 2. The summed E-state index contributed by atoms with van der Waals surface area (Å²) in [6.07, 6.45) is 14.9. The van der Waals surface area contributed by atoms with Gasteiger partial charge in [0.25, 0.3) is 0 Å². The van der Waals surface area contributed by atoms with E-state index >= 15 is 0 Å². The van der Waals surface area contributed by atoms with Crippen LogP contribution in [0.1, 0.15) is 84.5 Å². The second kappa shape index (κ2) is 7.91. The van der Waals surface area contributed by atoms with Crippen molar-refractivity contribution >= 4 is 5.84 Å². The molecule has 0 bridgehead atoms. The lowest BCUT2D eigenvalue weighted by molar-refractivity contribution is 0.254. The zero-order valence-corrected chi connectivity index (χ0v) is 13.0. The molecule has 2 heterocycles. The number of unbranched alkanes of at least 4 members (excludes halogenated alkanes) is 4. The number of rotatable bonds is 8. The smallest absolute Gasteiger partial charge is 0.0996 e. The van der Waals surface area contributed by atoms with Crippen molar-refractivity contribution in [3.05, 3.63) is 0 Å². The van der Waals surface area contributed by atoms with Crippen LogP contribution in [0.25, 0.3) is 0 Å². The van der Waals surface area contributed by atoms with Crippen molar-refractivity contribution in [1.29, 1.82) is 0 Å². The second-order valence-electron chi connectivity index (χ2n) is 6.32. The van der Waals surface area contributed by atoms with Crippen molar-refractivity contribution in [3.63, 3.8) is 0 Å². The topological polar surface area (TPSA) is 15.6 Å². The summed E-state index contributed by atoms with van der Waals surface area (Å²) in [7, 11) is 0. The van der Waals surface area contributed by atoms with Crippen molar-refractivity contribution in [2.24, 2.45) is 4.99 Å². The summed E-state index contributed by atoms with van der Waals surface area (Å²) in [6, 6.07) is 1.37. The minimum absolute atomic E-state index is 0.622. The van der Waals surface area contributed by atoms with Crippen LogP contribution in [-0.4, -0.2) is 29.4 Å². The Morgan fingerprint density at radius 2 is 1.74 bits per heavy atom. The minimum atomic E-state index is 0.622. The van der Waals surface area contributed by atoms with E-state index in [9.17, 15) is 0 Å². The van der Waals surface area contributed by atoms with Crippen molar-refractivity contribution in [2.75, 3.05) is 6.54 Å². The van der Waals surface area contributed by atoms with Gasteiger partial charge in [0, 0.05) is 13.0 Å². The van der Waals surface area contributed by atoms with Crippen LogP contribution in [0.3, 0.4) is 0 Å². The lowest BCUT2D eigenvalue weighted by Gasteiger charge is -2.33. The highest BCUT2D eigenvalue weighted by Crippen LogP contribution is 2.30. The molecule has 0 aromatic carbocycles. The normalized spacial score (nSPS) is 26.4. The third kappa shape index (κ3) is 3.97. The maximum Gasteiger partial charge on any atom is 0.0996 e. The Hall–Kier alpha value is -0.530. The van der Waals surface area contributed by atoms with Gasteiger partial charge in [-0.2, -0.15) is 0 Å². The van der Waals surface area contributed by atoms with Crippen LogP contribution >= 0.6 is 0 Å². The summed E-state index contributed by atoms with van der Waals surface area (Å²) in [5.74, 6) is 1.45. The van der Waals surface area contributed by atoms with Gasteiger partial charge in [-0.05, 0) is 25.7 Å². The quantitative estimate of drug-likeness (QED) is 0.576. The highest BCUT2D eigenvalue weighted by atomic mass is 15.3. The molecule has 0 N–H and O–H groups in total. The van der Waals surface area contributed by atoms with Crippen LogP contribution < -0.4 is 0 Å². The standard InChI is InChI=1S/C17H32N2/c1-3-5-7-11-15-16(12-8-6-4-2)19-14-10-9-13-17(19)18-15/h15-16H,3-14H2,1-2H3. The Balaban J connectivity index is 1.90. The molecule has 2 unspecified atom stereocenters. The van der Waals surface area contributed by atoms with Gasteiger partial charge in [-0.3, -0.25) is 4.99 Å². The summed E-state index contributed by atoms with van der Waals surface area (Å²) in [5, 5.41) is 0. The van der Waals surface area contributed by atoms with Gasteiger partial charge in [0.05, 0.1) is 17.9 Å². The molecule has 2 rings (SSSR count). The molecule has 0 spiro atoms. The molecule has 2 aliphatic heterocycles. The maximum atomic E-state index is 5.08. The van der Waals surface area contributed by atoms with E-state index in [1.54, 1.807) is 0 Å². The predicted molar refractivity (Wildman–Crippen MR) is 83.9 cm³/mol. The van der Waals surface area contributed by atoms with Gasteiger partial charge in [0.1, 0.15) is 0 Å². The number of amidine groups is 1. The third-order valence-corrected chi connectivity index (χ3v) is 4.75. The molecule has 1 fully saturated rings. The molecule has 2 nitrogen and oxygen atoms in total. The van der Waals surface area contributed by atoms with Gasteiger partial charge < -0.3 is 4.90 Å². The van der Waals surface area contributed by atoms with E-state index in [4.69, 9.17) is 4.99 Å².